The summed E-state index contributed by atoms with van der Waals surface area (Å²) in [6.07, 6.45) is 5.44. The number of carbonyl (C=O) groups excluding carboxylic acids is 3. The Hall–Kier alpha value is -3.29. The average molecular weight is 422 g/mol. The van der Waals surface area contributed by atoms with Crippen LogP contribution < -0.4 is 0 Å². The zero-order valence-electron chi connectivity index (χ0n) is 17.7. The van der Waals surface area contributed by atoms with Crippen LogP contribution in [0, 0.1) is 5.92 Å². The van der Waals surface area contributed by atoms with Gasteiger partial charge in [0.2, 0.25) is 11.8 Å². The van der Waals surface area contributed by atoms with Gasteiger partial charge in [0, 0.05) is 51.5 Å². The van der Waals surface area contributed by atoms with E-state index < -0.39 is 0 Å². The Morgan fingerprint density at radius 1 is 1.03 bits per heavy atom. The molecule has 0 N–H and O–H groups in total. The predicted octanol–water partition coefficient (Wildman–Crippen LogP) is 1.76. The molecule has 31 heavy (non-hydrogen) atoms. The predicted molar refractivity (Wildman–Crippen MR) is 114 cm³/mol. The van der Waals surface area contributed by atoms with Crippen molar-refractivity contribution in [3.05, 3.63) is 60.2 Å². The van der Waals surface area contributed by atoms with E-state index in [0.29, 0.717) is 44.8 Å². The van der Waals surface area contributed by atoms with Crippen LogP contribution in [0.15, 0.2) is 48.9 Å². The number of hydrogen-bond acceptors (Lipinski definition) is 5. The molecule has 1 aromatic carbocycles. The Morgan fingerprint density at radius 3 is 2.52 bits per heavy atom. The number of benzene rings is 1. The summed E-state index contributed by atoms with van der Waals surface area (Å²) in [5.74, 6) is -0.476. The molecule has 2 aliphatic rings. The Balaban J connectivity index is 1.36. The lowest BCUT2D eigenvalue weighted by Gasteiger charge is -2.27. The van der Waals surface area contributed by atoms with Crippen LogP contribution in [0.25, 0.3) is 0 Å². The number of carbonyl (C=O) groups is 3. The van der Waals surface area contributed by atoms with Crippen LogP contribution in [0.2, 0.25) is 0 Å². The van der Waals surface area contributed by atoms with Crippen LogP contribution in [0.4, 0.5) is 0 Å². The number of aromatic nitrogens is 2. The maximum Gasteiger partial charge on any atom is 0.274 e. The molecular weight excluding hydrogens is 394 g/mol. The van der Waals surface area contributed by atoms with Crippen molar-refractivity contribution in [2.75, 3.05) is 32.7 Å². The Labute approximate surface area is 181 Å². The Kier molecular flexibility index (Phi) is 6.25. The third-order valence-electron chi connectivity index (χ3n) is 6.13. The largest absolute Gasteiger partial charge is 0.341 e. The lowest BCUT2D eigenvalue weighted by Crippen LogP contribution is -2.41. The van der Waals surface area contributed by atoms with Gasteiger partial charge in [0.05, 0.1) is 18.2 Å². The van der Waals surface area contributed by atoms with Crippen molar-refractivity contribution < 1.29 is 14.4 Å². The van der Waals surface area contributed by atoms with Crippen molar-refractivity contribution in [2.24, 2.45) is 5.92 Å². The van der Waals surface area contributed by atoms with Gasteiger partial charge in [0.15, 0.2) is 0 Å². The first-order chi connectivity index (χ1) is 15.0. The van der Waals surface area contributed by atoms with Gasteiger partial charge in [0.25, 0.3) is 5.91 Å². The molecule has 8 heteroatoms. The molecule has 2 unspecified atom stereocenters. The molecule has 0 saturated carbocycles. The lowest BCUT2D eigenvalue weighted by molar-refractivity contribution is -0.135. The fourth-order valence-corrected chi connectivity index (χ4v) is 4.35. The Morgan fingerprint density at radius 2 is 1.77 bits per heavy atom. The molecular formula is C23H27N5O3. The molecule has 8 nitrogen and oxygen atoms in total. The molecule has 2 aliphatic heterocycles. The van der Waals surface area contributed by atoms with Gasteiger partial charge in [-0.05, 0) is 18.9 Å². The standard InChI is InChI=1S/C23H27N5O3/c1-17(18-6-3-2-4-7-18)28-16-19(14-21(28)29)22(30)26-10-5-11-27(13-12-26)23(31)20-15-24-8-9-25-20/h2-4,6-9,15,17,19H,5,10-14,16H2,1H3. The zero-order chi connectivity index (χ0) is 21.8. The van der Waals surface area contributed by atoms with Crippen LogP contribution in [-0.2, 0) is 9.59 Å². The number of hydrogen-bond donors (Lipinski definition) is 0. The smallest absolute Gasteiger partial charge is 0.274 e. The number of nitrogens with zero attached hydrogens (tertiary/aromatic N) is 5. The molecule has 2 saturated heterocycles. The van der Waals surface area contributed by atoms with E-state index in [1.807, 2.05) is 37.3 Å². The summed E-state index contributed by atoms with van der Waals surface area (Å²) < 4.78 is 0. The highest BCUT2D eigenvalue weighted by atomic mass is 16.2. The van der Waals surface area contributed by atoms with Gasteiger partial charge in [-0.2, -0.15) is 0 Å². The molecule has 2 aromatic rings. The topological polar surface area (TPSA) is 86.7 Å². The average Bonchev–Trinajstić information content (AvgIpc) is 3.04. The van der Waals surface area contributed by atoms with Crippen LogP contribution in [-0.4, -0.2) is 75.1 Å². The van der Waals surface area contributed by atoms with Gasteiger partial charge < -0.3 is 14.7 Å². The van der Waals surface area contributed by atoms with E-state index in [9.17, 15) is 14.4 Å². The minimum Gasteiger partial charge on any atom is -0.341 e. The second-order valence-corrected chi connectivity index (χ2v) is 8.10. The first-order valence-corrected chi connectivity index (χ1v) is 10.7. The van der Waals surface area contributed by atoms with Gasteiger partial charge in [-0.15, -0.1) is 0 Å². The SMILES string of the molecule is CC(c1ccccc1)N1CC(C(=O)N2CCCN(C(=O)c3cnccn3)CC2)CC1=O. The van der Waals surface area contributed by atoms with Crippen molar-refractivity contribution in [1.82, 2.24) is 24.7 Å². The van der Waals surface area contributed by atoms with Crippen molar-refractivity contribution in [2.45, 2.75) is 25.8 Å². The van der Waals surface area contributed by atoms with E-state index in [-0.39, 0.29) is 36.1 Å². The van der Waals surface area contributed by atoms with E-state index in [1.165, 1.54) is 18.6 Å². The third kappa shape index (κ3) is 4.57. The highest BCUT2D eigenvalue weighted by Gasteiger charge is 2.39. The molecule has 4 rings (SSSR count). The zero-order valence-corrected chi connectivity index (χ0v) is 17.7. The molecule has 0 aliphatic carbocycles. The minimum absolute atomic E-state index is 0.00455. The molecule has 1 aromatic heterocycles. The monoisotopic (exact) mass is 421 g/mol. The van der Waals surface area contributed by atoms with Gasteiger partial charge in [-0.25, -0.2) is 4.98 Å². The molecule has 162 valence electrons. The van der Waals surface area contributed by atoms with E-state index in [1.54, 1.807) is 14.7 Å². The maximum atomic E-state index is 13.2. The van der Waals surface area contributed by atoms with Crippen molar-refractivity contribution >= 4 is 17.7 Å². The molecule has 2 atom stereocenters. The first-order valence-electron chi connectivity index (χ1n) is 10.7. The number of amides is 3. The summed E-state index contributed by atoms with van der Waals surface area (Å²) in [5.41, 5.74) is 1.38. The molecule has 0 bridgehead atoms. The van der Waals surface area contributed by atoms with Gasteiger partial charge in [-0.3, -0.25) is 19.4 Å². The molecule has 0 spiro atoms. The minimum atomic E-state index is -0.332. The van der Waals surface area contributed by atoms with Crippen LogP contribution in [0.5, 0.6) is 0 Å². The van der Waals surface area contributed by atoms with Gasteiger partial charge in [0.1, 0.15) is 5.69 Å². The normalized spacial score (nSPS) is 20.5. The van der Waals surface area contributed by atoms with E-state index in [4.69, 9.17) is 0 Å². The second-order valence-electron chi connectivity index (χ2n) is 8.10. The van der Waals surface area contributed by atoms with Gasteiger partial charge in [-0.1, -0.05) is 30.3 Å². The fourth-order valence-electron chi connectivity index (χ4n) is 4.35. The first kappa shape index (κ1) is 21.0. The van der Waals surface area contributed by atoms with E-state index >= 15 is 0 Å². The van der Waals surface area contributed by atoms with Crippen molar-refractivity contribution in [3.63, 3.8) is 0 Å². The summed E-state index contributed by atoms with van der Waals surface area (Å²) >= 11 is 0. The summed E-state index contributed by atoms with van der Waals surface area (Å²) in [6, 6.07) is 9.82. The summed E-state index contributed by atoms with van der Waals surface area (Å²) in [4.78, 5) is 51.8. The summed E-state index contributed by atoms with van der Waals surface area (Å²) in [6.45, 7) is 4.51. The van der Waals surface area contributed by atoms with Crippen molar-refractivity contribution in [1.29, 1.82) is 0 Å². The summed E-state index contributed by atoms with van der Waals surface area (Å²) in [5, 5.41) is 0. The molecule has 2 fully saturated rings. The number of rotatable bonds is 4. The maximum absolute atomic E-state index is 13.2. The van der Waals surface area contributed by atoms with E-state index in [2.05, 4.69) is 9.97 Å². The quantitative estimate of drug-likeness (QED) is 0.751. The van der Waals surface area contributed by atoms with Crippen LogP contribution in [0.1, 0.15) is 41.9 Å². The second kappa shape index (κ2) is 9.24. The van der Waals surface area contributed by atoms with E-state index in [0.717, 1.165) is 5.56 Å². The fraction of sp³-hybridized carbons (Fsp3) is 0.435. The Bertz CT molecular complexity index is 937. The number of likely N-dealkylation sites (tertiary alicyclic amines) is 1. The highest BCUT2D eigenvalue weighted by molar-refractivity contribution is 5.92. The highest BCUT2D eigenvalue weighted by Crippen LogP contribution is 2.29. The summed E-state index contributed by atoms with van der Waals surface area (Å²) in [7, 11) is 0. The van der Waals surface area contributed by atoms with Crippen molar-refractivity contribution in [3.8, 4) is 0 Å². The van der Waals surface area contributed by atoms with Gasteiger partial charge >= 0.3 is 0 Å². The third-order valence-corrected chi connectivity index (χ3v) is 6.13. The lowest BCUT2D eigenvalue weighted by atomic mass is 10.1. The molecule has 3 heterocycles. The van der Waals surface area contributed by atoms with Crippen LogP contribution >= 0.6 is 0 Å². The molecule has 0 radical (unpaired) electrons. The molecule has 3 amide bonds. The van der Waals surface area contributed by atoms with Crippen LogP contribution in [0.3, 0.4) is 0 Å².